The van der Waals surface area contributed by atoms with Crippen molar-refractivity contribution in [2.75, 3.05) is 44.2 Å². The van der Waals surface area contributed by atoms with E-state index in [1.54, 1.807) is 36.4 Å². The zero-order valence-corrected chi connectivity index (χ0v) is 18.3. The zero-order valence-electron chi connectivity index (χ0n) is 17.5. The summed E-state index contributed by atoms with van der Waals surface area (Å²) >= 11 is 0. The molecule has 2 aliphatic heterocycles. The van der Waals surface area contributed by atoms with E-state index < -0.39 is 10.0 Å². The normalized spacial score (nSPS) is 20.6. The van der Waals surface area contributed by atoms with Crippen molar-refractivity contribution in [3.8, 4) is 5.75 Å². The van der Waals surface area contributed by atoms with Gasteiger partial charge in [0.15, 0.2) is 0 Å². The van der Waals surface area contributed by atoms with Gasteiger partial charge in [-0.1, -0.05) is 6.07 Å². The number of carbonyl (C=O) groups excluding carboxylic acids is 1. The van der Waals surface area contributed by atoms with Crippen LogP contribution in [0.5, 0.6) is 5.75 Å². The summed E-state index contributed by atoms with van der Waals surface area (Å²) in [5.41, 5.74) is 0.759. The minimum atomic E-state index is -3.81. The van der Waals surface area contributed by atoms with Crippen LogP contribution < -0.4 is 4.90 Å². The van der Waals surface area contributed by atoms with Crippen LogP contribution in [0.25, 0.3) is 0 Å². The van der Waals surface area contributed by atoms with Crippen LogP contribution in [-0.2, 0) is 14.8 Å². The molecule has 2 fully saturated rings. The molecule has 9 nitrogen and oxygen atoms in total. The molecular formula is C21H27N5O4S. The first kappa shape index (κ1) is 21.5. The fourth-order valence-corrected chi connectivity index (χ4v) is 5.78. The smallest absolute Gasteiger partial charge is 0.246 e. The molecule has 2 saturated heterocycles. The molecule has 2 aromatic rings. The second-order valence-corrected chi connectivity index (χ2v) is 9.94. The molecule has 0 radical (unpaired) electrons. The van der Waals surface area contributed by atoms with Crippen molar-refractivity contribution in [3.63, 3.8) is 0 Å². The number of nitrogens with zero attached hydrogens (tertiary/aromatic N) is 5. The number of amides is 1. The molecular weight excluding hydrogens is 418 g/mol. The number of aromatic hydroxyl groups is 1. The first-order valence-electron chi connectivity index (χ1n) is 10.5. The van der Waals surface area contributed by atoms with E-state index in [2.05, 4.69) is 9.97 Å². The molecule has 31 heavy (non-hydrogen) atoms. The summed E-state index contributed by atoms with van der Waals surface area (Å²) in [6.07, 6.45) is 5.08. The van der Waals surface area contributed by atoms with Crippen LogP contribution in [-0.4, -0.2) is 77.9 Å². The first-order valence-corrected chi connectivity index (χ1v) is 11.9. The average Bonchev–Trinajstić information content (AvgIpc) is 2.81. The third-order valence-electron chi connectivity index (χ3n) is 5.89. The monoisotopic (exact) mass is 445 g/mol. The number of aromatic nitrogens is 2. The van der Waals surface area contributed by atoms with Crippen molar-refractivity contribution >= 4 is 21.9 Å². The van der Waals surface area contributed by atoms with Gasteiger partial charge < -0.3 is 14.9 Å². The summed E-state index contributed by atoms with van der Waals surface area (Å²) < 4.78 is 27.3. The molecule has 0 spiro atoms. The summed E-state index contributed by atoms with van der Waals surface area (Å²) in [6, 6.07) is 6.30. The number of piperidine rings is 1. The summed E-state index contributed by atoms with van der Waals surface area (Å²) in [5, 5.41) is 10.0. The number of rotatable bonds is 4. The minimum Gasteiger partial charge on any atom is -0.507 e. The van der Waals surface area contributed by atoms with E-state index in [9.17, 15) is 18.3 Å². The molecule has 166 valence electrons. The second-order valence-electron chi connectivity index (χ2n) is 8.03. The molecule has 1 aromatic heterocycles. The molecule has 1 atom stereocenters. The lowest BCUT2D eigenvalue weighted by molar-refractivity contribution is -0.137. The number of phenolic OH excluding ortho intramolecular Hbond substituents is 1. The number of aryl methyl sites for hydroxylation is 1. The molecule has 2 aliphatic rings. The lowest BCUT2D eigenvalue weighted by Gasteiger charge is -2.38. The fourth-order valence-electron chi connectivity index (χ4n) is 4.19. The predicted octanol–water partition coefficient (Wildman–Crippen LogP) is 1.24. The lowest BCUT2D eigenvalue weighted by Crippen LogP contribution is -2.53. The van der Waals surface area contributed by atoms with E-state index in [0.29, 0.717) is 25.6 Å². The van der Waals surface area contributed by atoms with Gasteiger partial charge in [0.2, 0.25) is 21.9 Å². The SMILES string of the molecule is Cc1ccc(O)c(S(=O)(=O)N2CCN(C(=O)C3CCCN(c4ncccn4)C3)CC2)c1. The van der Waals surface area contributed by atoms with Gasteiger partial charge in [-0.25, -0.2) is 18.4 Å². The highest BCUT2D eigenvalue weighted by Gasteiger charge is 2.35. The molecule has 1 aromatic carbocycles. The van der Waals surface area contributed by atoms with Crippen molar-refractivity contribution in [2.24, 2.45) is 5.92 Å². The molecule has 10 heteroatoms. The summed E-state index contributed by atoms with van der Waals surface area (Å²) in [5.74, 6) is 0.279. The maximum Gasteiger partial charge on any atom is 0.246 e. The van der Waals surface area contributed by atoms with Crippen LogP contribution in [0.15, 0.2) is 41.6 Å². The van der Waals surface area contributed by atoms with Crippen LogP contribution in [0.2, 0.25) is 0 Å². The van der Waals surface area contributed by atoms with Crippen molar-refractivity contribution in [3.05, 3.63) is 42.2 Å². The first-order chi connectivity index (χ1) is 14.9. The van der Waals surface area contributed by atoms with Crippen LogP contribution in [0.3, 0.4) is 0 Å². The maximum absolute atomic E-state index is 13.1. The van der Waals surface area contributed by atoms with Crippen molar-refractivity contribution in [1.29, 1.82) is 0 Å². The van der Waals surface area contributed by atoms with Crippen molar-refractivity contribution in [2.45, 2.75) is 24.7 Å². The Morgan fingerprint density at radius 1 is 1.10 bits per heavy atom. The number of sulfonamides is 1. The Bertz CT molecular complexity index is 1040. The zero-order chi connectivity index (χ0) is 22.0. The van der Waals surface area contributed by atoms with Gasteiger partial charge in [0, 0.05) is 51.7 Å². The summed E-state index contributed by atoms with van der Waals surface area (Å²) in [6.45, 7) is 4.26. The Kier molecular flexibility index (Phi) is 6.10. The maximum atomic E-state index is 13.1. The van der Waals surface area contributed by atoms with Gasteiger partial charge >= 0.3 is 0 Å². The molecule has 0 saturated carbocycles. The van der Waals surface area contributed by atoms with Crippen molar-refractivity contribution in [1.82, 2.24) is 19.2 Å². The Balaban J connectivity index is 1.39. The van der Waals surface area contributed by atoms with Gasteiger partial charge in [-0.3, -0.25) is 4.79 Å². The van der Waals surface area contributed by atoms with Crippen LogP contribution in [0.4, 0.5) is 5.95 Å². The quantitative estimate of drug-likeness (QED) is 0.754. The van der Waals surface area contributed by atoms with Gasteiger partial charge in [0.05, 0.1) is 5.92 Å². The number of benzene rings is 1. The van der Waals surface area contributed by atoms with Crippen LogP contribution >= 0.6 is 0 Å². The van der Waals surface area contributed by atoms with E-state index >= 15 is 0 Å². The van der Waals surface area contributed by atoms with Gasteiger partial charge in [0.25, 0.3) is 0 Å². The predicted molar refractivity (Wildman–Crippen MR) is 115 cm³/mol. The third-order valence-corrected chi connectivity index (χ3v) is 7.82. The molecule has 0 bridgehead atoms. The number of hydrogen-bond donors (Lipinski definition) is 1. The minimum absolute atomic E-state index is 0.0519. The molecule has 4 rings (SSSR count). The Morgan fingerprint density at radius 3 is 2.52 bits per heavy atom. The highest BCUT2D eigenvalue weighted by atomic mass is 32.2. The van der Waals surface area contributed by atoms with E-state index in [1.165, 1.54) is 16.4 Å². The topological polar surface area (TPSA) is 107 Å². The van der Waals surface area contributed by atoms with Crippen LogP contribution in [0.1, 0.15) is 18.4 Å². The number of anilines is 1. The molecule has 1 unspecified atom stereocenters. The summed E-state index contributed by atoms with van der Waals surface area (Å²) in [7, 11) is -3.81. The average molecular weight is 446 g/mol. The number of piperazine rings is 1. The van der Waals surface area contributed by atoms with Gasteiger partial charge in [-0.05, 0) is 43.5 Å². The van der Waals surface area contributed by atoms with Gasteiger partial charge in [-0.15, -0.1) is 0 Å². The number of phenols is 1. The van der Waals surface area contributed by atoms with Crippen molar-refractivity contribution < 1.29 is 18.3 Å². The van der Waals surface area contributed by atoms with E-state index in [0.717, 1.165) is 24.9 Å². The largest absolute Gasteiger partial charge is 0.507 e. The molecule has 0 aliphatic carbocycles. The number of hydrogen-bond acceptors (Lipinski definition) is 7. The summed E-state index contributed by atoms with van der Waals surface area (Å²) in [4.78, 5) is 25.4. The Morgan fingerprint density at radius 2 is 1.81 bits per heavy atom. The lowest BCUT2D eigenvalue weighted by atomic mass is 9.96. The van der Waals surface area contributed by atoms with Crippen LogP contribution in [0, 0.1) is 12.8 Å². The molecule has 3 heterocycles. The second kappa shape index (κ2) is 8.80. The third kappa shape index (κ3) is 4.49. The van der Waals surface area contributed by atoms with Gasteiger partial charge in [0.1, 0.15) is 10.6 Å². The molecule has 1 amide bonds. The number of carbonyl (C=O) groups is 1. The van der Waals surface area contributed by atoms with E-state index in [-0.39, 0.29) is 35.6 Å². The fraction of sp³-hybridized carbons (Fsp3) is 0.476. The van der Waals surface area contributed by atoms with E-state index in [4.69, 9.17) is 0 Å². The standard InChI is InChI=1S/C21H27N5O4S/c1-16-5-6-18(27)19(14-16)31(29,30)26-12-10-24(11-13-26)20(28)17-4-2-9-25(15-17)21-22-7-3-8-23-21/h3,5-8,14,17,27H,2,4,9-13,15H2,1H3. The van der Waals surface area contributed by atoms with E-state index in [1.807, 2.05) is 4.90 Å². The van der Waals surface area contributed by atoms with Gasteiger partial charge in [-0.2, -0.15) is 4.31 Å². The Labute approximate surface area is 182 Å². The Hall–Kier alpha value is -2.72. The molecule has 1 N–H and O–H groups in total. The highest BCUT2D eigenvalue weighted by molar-refractivity contribution is 7.89. The highest BCUT2D eigenvalue weighted by Crippen LogP contribution is 2.28.